The summed E-state index contributed by atoms with van der Waals surface area (Å²) in [6.07, 6.45) is -1.81. The Kier molecular flexibility index (Phi) is 6.30. The molecular formula is C15H24F3N3. The first-order valence-corrected chi connectivity index (χ1v) is 7.39. The molecule has 6 heteroatoms. The Balaban J connectivity index is 3.17. The number of alkyl halides is 3. The molecule has 0 aromatic carbocycles. The number of rotatable bonds is 7. The lowest BCUT2D eigenvalue weighted by atomic mass is 10.1. The van der Waals surface area contributed by atoms with Gasteiger partial charge in [-0.25, -0.2) is 4.98 Å². The zero-order chi connectivity index (χ0) is 16.0. The number of halogens is 3. The fourth-order valence-corrected chi connectivity index (χ4v) is 2.23. The van der Waals surface area contributed by atoms with E-state index < -0.39 is 11.7 Å². The molecule has 0 atom stereocenters. The van der Waals surface area contributed by atoms with Gasteiger partial charge in [0.25, 0.3) is 0 Å². The molecule has 120 valence electrons. The van der Waals surface area contributed by atoms with E-state index in [9.17, 15) is 13.2 Å². The van der Waals surface area contributed by atoms with Crippen LogP contribution in [0.4, 0.5) is 24.8 Å². The van der Waals surface area contributed by atoms with Crippen LogP contribution < -0.4 is 10.2 Å². The van der Waals surface area contributed by atoms with E-state index in [2.05, 4.69) is 10.3 Å². The van der Waals surface area contributed by atoms with Gasteiger partial charge in [-0.2, -0.15) is 13.2 Å². The molecule has 1 aromatic rings. The second-order valence-corrected chi connectivity index (χ2v) is 5.11. The lowest BCUT2D eigenvalue weighted by Gasteiger charge is -2.28. The van der Waals surface area contributed by atoms with Gasteiger partial charge in [0.2, 0.25) is 0 Å². The molecule has 1 rings (SSSR count). The van der Waals surface area contributed by atoms with Crippen LogP contribution in [0.1, 0.15) is 45.6 Å². The molecule has 0 spiro atoms. The fraction of sp³-hybridized carbons (Fsp3) is 0.667. The molecule has 0 amide bonds. The van der Waals surface area contributed by atoms with Gasteiger partial charge in [0.15, 0.2) is 0 Å². The highest BCUT2D eigenvalue weighted by molar-refractivity contribution is 5.51. The number of pyridine rings is 1. The Labute approximate surface area is 124 Å². The van der Waals surface area contributed by atoms with Gasteiger partial charge in [-0.3, -0.25) is 0 Å². The summed E-state index contributed by atoms with van der Waals surface area (Å²) in [6.45, 7) is 6.60. The van der Waals surface area contributed by atoms with Crippen molar-refractivity contribution in [1.82, 2.24) is 4.98 Å². The Bertz CT molecular complexity index is 442. The number of nitrogens with zero attached hydrogens (tertiary/aromatic N) is 2. The summed E-state index contributed by atoms with van der Waals surface area (Å²) in [6, 6.07) is 2.37. The first-order valence-electron chi connectivity index (χ1n) is 7.39. The van der Waals surface area contributed by atoms with Crippen molar-refractivity contribution >= 4 is 11.6 Å². The highest BCUT2D eigenvalue weighted by Crippen LogP contribution is 2.33. The molecule has 0 saturated carbocycles. The van der Waals surface area contributed by atoms with Crippen LogP contribution in [-0.4, -0.2) is 24.6 Å². The van der Waals surface area contributed by atoms with E-state index in [0.29, 0.717) is 12.4 Å². The van der Waals surface area contributed by atoms with Gasteiger partial charge in [0, 0.05) is 19.6 Å². The van der Waals surface area contributed by atoms with E-state index >= 15 is 0 Å². The predicted molar refractivity (Wildman–Crippen MR) is 80.8 cm³/mol. The largest absolute Gasteiger partial charge is 0.416 e. The average molecular weight is 303 g/mol. The van der Waals surface area contributed by atoms with E-state index in [1.54, 1.807) is 7.05 Å². The molecule has 21 heavy (non-hydrogen) atoms. The average Bonchev–Trinajstić information content (AvgIpc) is 2.45. The van der Waals surface area contributed by atoms with Crippen molar-refractivity contribution in [3.63, 3.8) is 0 Å². The van der Waals surface area contributed by atoms with Crippen molar-refractivity contribution < 1.29 is 13.2 Å². The quantitative estimate of drug-likeness (QED) is 0.801. The van der Waals surface area contributed by atoms with Crippen LogP contribution in [0.3, 0.4) is 0 Å². The van der Waals surface area contributed by atoms with Crippen molar-refractivity contribution in [3.8, 4) is 0 Å². The van der Waals surface area contributed by atoms with Crippen LogP contribution in [0.15, 0.2) is 12.1 Å². The number of nitrogens with one attached hydrogen (secondary N) is 1. The second-order valence-electron chi connectivity index (χ2n) is 5.11. The van der Waals surface area contributed by atoms with Crippen LogP contribution >= 0.6 is 0 Å². The molecule has 3 nitrogen and oxygen atoms in total. The summed E-state index contributed by atoms with van der Waals surface area (Å²) in [5.41, 5.74) is -0.663. The monoisotopic (exact) mass is 303 g/mol. The molecule has 0 aliphatic rings. The molecular weight excluding hydrogens is 279 g/mol. The number of anilines is 2. The van der Waals surface area contributed by atoms with Gasteiger partial charge in [-0.15, -0.1) is 0 Å². The maximum atomic E-state index is 13.0. The lowest BCUT2D eigenvalue weighted by molar-refractivity contribution is -0.137. The molecule has 1 heterocycles. The maximum absolute atomic E-state index is 13.0. The summed E-state index contributed by atoms with van der Waals surface area (Å²) in [5.74, 6) is 0.636. The fourth-order valence-electron chi connectivity index (χ4n) is 2.23. The minimum atomic E-state index is -4.37. The standard InChI is InChI=1S/C15H24F3N3/c1-5-8-19-13-9-11(15(16,17)18)10-14(20-13)21(4)12(6-2)7-3/h9-10,12H,5-8H2,1-4H3,(H,19,20). The van der Waals surface area contributed by atoms with Gasteiger partial charge >= 0.3 is 6.18 Å². The zero-order valence-corrected chi connectivity index (χ0v) is 13.1. The van der Waals surface area contributed by atoms with Gasteiger partial charge < -0.3 is 10.2 Å². The lowest BCUT2D eigenvalue weighted by Crippen LogP contribution is -2.31. The van der Waals surface area contributed by atoms with Crippen LogP contribution in [0.25, 0.3) is 0 Å². The molecule has 0 unspecified atom stereocenters. The van der Waals surface area contributed by atoms with E-state index in [0.717, 1.165) is 31.4 Å². The number of aromatic nitrogens is 1. The summed E-state index contributed by atoms with van der Waals surface area (Å²) in [5, 5.41) is 2.94. The molecule has 0 aliphatic carbocycles. The molecule has 1 aromatic heterocycles. The molecule has 1 N–H and O–H groups in total. The van der Waals surface area contributed by atoms with Gasteiger partial charge in [0.05, 0.1) is 5.56 Å². The normalized spacial score (nSPS) is 11.8. The van der Waals surface area contributed by atoms with Gasteiger partial charge in [-0.1, -0.05) is 20.8 Å². The van der Waals surface area contributed by atoms with E-state index in [-0.39, 0.29) is 11.9 Å². The minimum absolute atomic E-state index is 0.181. The smallest absolute Gasteiger partial charge is 0.370 e. The van der Waals surface area contributed by atoms with Crippen molar-refractivity contribution in [2.75, 3.05) is 23.8 Å². The minimum Gasteiger partial charge on any atom is -0.370 e. The van der Waals surface area contributed by atoms with Crippen molar-refractivity contribution in [1.29, 1.82) is 0 Å². The first kappa shape index (κ1) is 17.6. The first-order chi connectivity index (χ1) is 9.83. The molecule has 0 bridgehead atoms. The van der Waals surface area contributed by atoms with Crippen LogP contribution in [0, 0.1) is 0 Å². The third-order valence-electron chi connectivity index (χ3n) is 3.55. The highest BCUT2D eigenvalue weighted by atomic mass is 19.4. The zero-order valence-electron chi connectivity index (χ0n) is 13.1. The molecule has 0 radical (unpaired) electrons. The van der Waals surface area contributed by atoms with E-state index in [4.69, 9.17) is 0 Å². The van der Waals surface area contributed by atoms with Gasteiger partial charge in [-0.05, 0) is 31.4 Å². The molecule has 0 aliphatic heterocycles. The summed E-state index contributed by atoms with van der Waals surface area (Å²) < 4.78 is 39.1. The summed E-state index contributed by atoms with van der Waals surface area (Å²) in [4.78, 5) is 6.14. The molecule has 0 fully saturated rings. The topological polar surface area (TPSA) is 28.2 Å². The maximum Gasteiger partial charge on any atom is 0.416 e. The highest BCUT2D eigenvalue weighted by Gasteiger charge is 2.32. The van der Waals surface area contributed by atoms with E-state index in [1.807, 2.05) is 25.7 Å². The van der Waals surface area contributed by atoms with Gasteiger partial charge in [0.1, 0.15) is 11.6 Å². The van der Waals surface area contributed by atoms with Crippen LogP contribution in [0.5, 0.6) is 0 Å². The third kappa shape index (κ3) is 4.79. The number of hydrogen-bond donors (Lipinski definition) is 1. The van der Waals surface area contributed by atoms with Crippen molar-refractivity contribution in [3.05, 3.63) is 17.7 Å². The summed E-state index contributed by atoms with van der Waals surface area (Å²) >= 11 is 0. The molecule has 0 saturated heterocycles. The van der Waals surface area contributed by atoms with Crippen molar-refractivity contribution in [2.45, 2.75) is 52.3 Å². The van der Waals surface area contributed by atoms with Crippen LogP contribution in [0.2, 0.25) is 0 Å². The van der Waals surface area contributed by atoms with Crippen LogP contribution in [-0.2, 0) is 6.18 Å². The Morgan fingerprint density at radius 3 is 2.29 bits per heavy atom. The van der Waals surface area contributed by atoms with E-state index in [1.165, 1.54) is 0 Å². The SMILES string of the molecule is CCCNc1cc(C(F)(F)F)cc(N(C)C(CC)CC)n1. The summed E-state index contributed by atoms with van der Waals surface area (Å²) in [7, 11) is 1.80. The predicted octanol–water partition coefficient (Wildman–Crippen LogP) is 4.55. The Morgan fingerprint density at radius 1 is 1.19 bits per heavy atom. The second kappa shape index (κ2) is 7.52. The van der Waals surface area contributed by atoms with Crippen molar-refractivity contribution in [2.24, 2.45) is 0 Å². The Hall–Kier alpha value is -1.46. The third-order valence-corrected chi connectivity index (χ3v) is 3.55. The Morgan fingerprint density at radius 2 is 1.81 bits per heavy atom. The number of hydrogen-bond acceptors (Lipinski definition) is 3.